The minimum atomic E-state index is -0.585. The van der Waals surface area contributed by atoms with E-state index in [0.29, 0.717) is 12.2 Å². The lowest BCUT2D eigenvalue weighted by molar-refractivity contribution is 0.173. The summed E-state index contributed by atoms with van der Waals surface area (Å²) in [6, 6.07) is 7.56. The van der Waals surface area contributed by atoms with Crippen LogP contribution in [0.5, 0.6) is 5.75 Å². The number of nitrogens with zero attached hydrogens (tertiary/aromatic N) is 2. The van der Waals surface area contributed by atoms with E-state index in [1.54, 1.807) is 7.11 Å². The van der Waals surface area contributed by atoms with Crippen LogP contribution in [-0.4, -0.2) is 22.0 Å². The number of aromatic nitrogens is 2. The second kappa shape index (κ2) is 5.45. The summed E-state index contributed by atoms with van der Waals surface area (Å²) in [4.78, 5) is 0. The molecule has 1 heterocycles. The molecule has 1 atom stereocenters. The number of rotatable bonds is 4. The highest BCUT2D eigenvalue weighted by Gasteiger charge is 2.18. The van der Waals surface area contributed by atoms with Crippen molar-refractivity contribution in [3.05, 3.63) is 46.8 Å². The van der Waals surface area contributed by atoms with Gasteiger partial charge in [0.1, 0.15) is 5.75 Å². The first kappa shape index (κ1) is 13.6. The van der Waals surface area contributed by atoms with Gasteiger partial charge in [-0.3, -0.25) is 4.68 Å². The van der Waals surface area contributed by atoms with Crippen molar-refractivity contribution in [2.24, 2.45) is 7.05 Å². The van der Waals surface area contributed by atoms with Crippen LogP contribution in [-0.2, 0) is 13.5 Å². The van der Waals surface area contributed by atoms with Crippen LogP contribution in [0.25, 0.3) is 0 Å². The van der Waals surface area contributed by atoms with Crippen molar-refractivity contribution in [1.82, 2.24) is 9.78 Å². The van der Waals surface area contributed by atoms with E-state index in [-0.39, 0.29) is 0 Å². The molecule has 0 saturated heterocycles. The molecule has 0 aliphatic rings. The summed E-state index contributed by atoms with van der Waals surface area (Å²) in [5.74, 6) is 0.717. The van der Waals surface area contributed by atoms with Gasteiger partial charge in [0.15, 0.2) is 0 Å². The summed E-state index contributed by atoms with van der Waals surface area (Å²) in [6.07, 6.45) is -0.0379. The lowest BCUT2D eigenvalue weighted by atomic mass is 9.99. The molecule has 102 valence electrons. The van der Waals surface area contributed by atoms with Crippen LogP contribution in [0.4, 0.5) is 0 Å². The number of para-hydroxylation sites is 1. The second-order valence-corrected chi connectivity index (χ2v) is 4.73. The molecule has 1 N–H and O–H groups in total. The number of hydrogen-bond acceptors (Lipinski definition) is 3. The zero-order chi connectivity index (χ0) is 14.0. The highest BCUT2D eigenvalue weighted by molar-refractivity contribution is 5.37. The summed E-state index contributed by atoms with van der Waals surface area (Å²) in [7, 11) is 3.54. The van der Waals surface area contributed by atoms with Crippen molar-refractivity contribution in [3.63, 3.8) is 0 Å². The number of aliphatic hydroxyl groups is 1. The highest BCUT2D eigenvalue weighted by Crippen LogP contribution is 2.28. The van der Waals surface area contributed by atoms with Gasteiger partial charge in [0.25, 0.3) is 0 Å². The summed E-state index contributed by atoms with van der Waals surface area (Å²) in [5, 5.41) is 14.8. The Labute approximate surface area is 113 Å². The van der Waals surface area contributed by atoms with Gasteiger partial charge >= 0.3 is 0 Å². The first-order chi connectivity index (χ1) is 9.04. The molecule has 1 aromatic heterocycles. The lowest BCUT2D eigenvalue weighted by Crippen LogP contribution is -2.05. The minimum Gasteiger partial charge on any atom is -0.496 e. The first-order valence-corrected chi connectivity index (χ1v) is 6.34. The minimum absolute atomic E-state index is 0.548. The average Bonchev–Trinajstić information content (AvgIpc) is 2.65. The molecule has 4 heteroatoms. The van der Waals surface area contributed by atoms with Crippen LogP contribution >= 0.6 is 0 Å². The summed E-state index contributed by atoms with van der Waals surface area (Å²) < 4.78 is 7.14. The van der Waals surface area contributed by atoms with E-state index in [2.05, 4.69) is 5.10 Å². The monoisotopic (exact) mass is 260 g/mol. The predicted molar refractivity (Wildman–Crippen MR) is 74.3 cm³/mol. The molecule has 19 heavy (non-hydrogen) atoms. The van der Waals surface area contributed by atoms with E-state index in [4.69, 9.17) is 4.74 Å². The third kappa shape index (κ3) is 2.63. The van der Waals surface area contributed by atoms with Gasteiger partial charge in [-0.1, -0.05) is 18.2 Å². The fourth-order valence-electron chi connectivity index (χ4n) is 2.36. The third-order valence-corrected chi connectivity index (χ3v) is 3.55. The van der Waals surface area contributed by atoms with Gasteiger partial charge in [-0.15, -0.1) is 0 Å². The van der Waals surface area contributed by atoms with Gasteiger partial charge in [-0.05, 0) is 25.5 Å². The van der Waals surface area contributed by atoms with Crippen molar-refractivity contribution in [3.8, 4) is 5.75 Å². The van der Waals surface area contributed by atoms with E-state index < -0.39 is 6.10 Å². The number of benzene rings is 1. The molecular weight excluding hydrogens is 240 g/mol. The quantitative estimate of drug-likeness (QED) is 0.917. The molecule has 2 aromatic rings. The molecule has 0 bridgehead atoms. The van der Waals surface area contributed by atoms with Crippen molar-refractivity contribution >= 4 is 0 Å². The van der Waals surface area contributed by atoms with Gasteiger partial charge in [-0.25, -0.2) is 0 Å². The standard InChI is InChI=1S/C15H20N2O2/c1-10-13(11(2)17(3)16-10)9-14(18)12-7-5-6-8-15(12)19-4/h5-8,14,18H,9H2,1-4H3. The van der Waals surface area contributed by atoms with E-state index in [1.165, 1.54) is 0 Å². The van der Waals surface area contributed by atoms with Gasteiger partial charge in [0.05, 0.1) is 18.9 Å². The normalized spacial score (nSPS) is 12.5. The number of aryl methyl sites for hydroxylation is 2. The predicted octanol–water partition coefficient (Wildman–Crippen LogP) is 2.32. The van der Waals surface area contributed by atoms with Crippen LogP contribution in [0, 0.1) is 13.8 Å². The van der Waals surface area contributed by atoms with Crippen molar-refractivity contribution in [1.29, 1.82) is 0 Å². The molecule has 0 aliphatic heterocycles. The Morgan fingerprint density at radius 2 is 2.00 bits per heavy atom. The molecule has 0 radical (unpaired) electrons. The van der Waals surface area contributed by atoms with Gasteiger partial charge in [0, 0.05) is 24.7 Å². The Morgan fingerprint density at radius 3 is 2.58 bits per heavy atom. The molecule has 0 aliphatic carbocycles. The van der Waals surface area contributed by atoms with Crippen molar-refractivity contribution in [2.45, 2.75) is 26.4 Å². The van der Waals surface area contributed by atoms with Crippen LogP contribution in [0.1, 0.15) is 28.6 Å². The maximum Gasteiger partial charge on any atom is 0.124 e. The van der Waals surface area contributed by atoms with Gasteiger partial charge in [-0.2, -0.15) is 5.10 Å². The fourth-order valence-corrected chi connectivity index (χ4v) is 2.36. The van der Waals surface area contributed by atoms with Gasteiger partial charge in [0.2, 0.25) is 0 Å². The van der Waals surface area contributed by atoms with E-state index in [0.717, 1.165) is 22.5 Å². The molecule has 4 nitrogen and oxygen atoms in total. The third-order valence-electron chi connectivity index (χ3n) is 3.55. The number of aliphatic hydroxyl groups excluding tert-OH is 1. The van der Waals surface area contributed by atoms with Crippen LogP contribution in [0.3, 0.4) is 0 Å². The smallest absolute Gasteiger partial charge is 0.124 e. The van der Waals surface area contributed by atoms with Crippen molar-refractivity contribution < 1.29 is 9.84 Å². The Kier molecular flexibility index (Phi) is 3.90. The molecular formula is C15H20N2O2. The largest absolute Gasteiger partial charge is 0.496 e. The molecule has 2 rings (SSSR count). The topological polar surface area (TPSA) is 47.3 Å². The average molecular weight is 260 g/mol. The second-order valence-electron chi connectivity index (χ2n) is 4.73. The Morgan fingerprint density at radius 1 is 1.32 bits per heavy atom. The zero-order valence-corrected chi connectivity index (χ0v) is 11.8. The highest BCUT2D eigenvalue weighted by atomic mass is 16.5. The van der Waals surface area contributed by atoms with E-state index in [9.17, 15) is 5.11 Å². The Bertz CT molecular complexity index is 576. The van der Waals surface area contributed by atoms with E-state index in [1.807, 2.05) is 49.8 Å². The van der Waals surface area contributed by atoms with Gasteiger partial charge < -0.3 is 9.84 Å². The number of ether oxygens (including phenoxy) is 1. The molecule has 0 spiro atoms. The SMILES string of the molecule is COc1ccccc1C(O)Cc1c(C)nn(C)c1C. The Hall–Kier alpha value is -1.81. The Balaban J connectivity index is 2.28. The first-order valence-electron chi connectivity index (χ1n) is 6.34. The van der Waals surface area contributed by atoms with Crippen LogP contribution < -0.4 is 4.74 Å². The molecule has 1 aromatic carbocycles. The maximum absolute atomic E-state index is 10.4. The molecule has 0 saturated carbocycles. The zero-order valence-electron chi connectivity index (χ0n) is 11.8. The summed E-state index contributed by atoms with van der Waals surface area (Å²) in [6.45, 7) is 3.99. The van der Waals surface area contributed by atoms with Crippen molar-refractivity contribution in [2.75, 3.05) is 7.11 Å². The number of methoxy groups -OCH3 is 1. The summed E-state index contributed by atoms with van der Waals surface area (Å²) in [5.41, 5.74) is 3.97. The molecule has 1 unspecified atom stereocenters. The summed E-state index contributed by atoms with van der Waals surface area (Å²) >= 11 is 0. The fraction of sp³-hybridized carbons (Fsp3) is 0.400. The lowest BCUT2D eigenvalue weighted by Gasteiger charge is -2.15. The van der Waals surface area contributed by atoms with Crippen LogP contribution in [0.2, 0.25) is 0 Å². The number of hydrogen-bond donors (Lipinski definition) is 1. The van der Waals surface area contributed by atoms with E-state index >= 15 is 0 Å². The molecule has 0 fully saturated rings. The maximum atomic E-state index is 10.4. The molecule has 0 amide bonds. The van der Waals surface area contributed by atoms with Crippen LogP contribution in [0.15, 0.2) is 24.3 Å².